The van der Waals surface area contributed by atoms with E-state index in [0.29, 0.717) is 0 Å². The van der Waals surface area contributed by atoms with E-state index in [9.17, 15) is 0 Å². The molecule has 178 valence electrons. The molecule has 2 heteroatoms. The smallest absolute Gasteiger partial charge is 0.224 e. The van der Waals surface area contributed by atoms with Gasteiger partial charge < -0.3 is 4.40 Å². The maximum Gasteiger partial charge on any atom is 0.224 e. The second-order valence-corrected chi connectivity index (χ2v) is 13.0. The largest absolute Gasteiger partial charge is 0.307 e. The lowest BCUT2D eigenvalue weighted by molar-refractivity contribution is -0.643. The Bertz CT molecular complexity index is 1800. The summed E-state index contributed by atoms with van der Waals surface area (Å²) in [6.45, 7) is 18.5. The zero-order valence-corrected chi connectivity index (χ0v) is 22.7. The van der Waals surface area contributed by atoms with Crippen LogP contribution in [0.5, 0.6) is 0 Å². The topological polar surface area (TPSA) is 8.29 Å². The number of aryl methyl sites for hydroxylation is 3. The highest BCUT2D eigenvalue weighted by atomic mass is 15.0. The number of nitrogens with zero attached hydrogens (tertiary/aromatic N) is 2. The average molecular weight is 462 g/mol. The summed E-state index contributed by atoms with van der Waals surface area (Å²) in [6, 6.07) is 16.7. The normalized spacial score (nSPS) is 13.4. The van der Waals surface area contributed by atoms with Gasteiger partial charge in [-0.05, 0) is 83.0 Å². The molecular formula is C33H37N2+. The highest BCUT2D eigenvalue weighted by molar-refractivity contribution is 6.26. The fraction of sp³-hybridized carbons (Fsp3) is 0.364. The Morgan fingerprint density at radius 3 is 2.23 bits per heavy atom. The van der Waals surface area contributed by atoms with E-state index in [1.807, 2.05) is 0 Å². The molecule has 0 fully saturated rings. The molecule has 6 aromatic rings. The second kappa shape index (κ2) is 6.97. The number of fused-ring (bicyclic) bond motifs is 5. The maximum absolute atomic E-state index is 2.57. The summed E-state index contributed by atoms with van der Waals surface area (Å²) in [5.74, 6) is 0. The van der Waals surface area contributed by atoms with Gasteiger partial charge in [-0.2, -0.15) is 0 Å². The summed E-state index contributed by atoms with van der Waals surface area (Å²) in [5, 5.41) is 6.82. The maximum atomic E-state index is 2.57. The molecule has 0 saturated carbocycles. The Balaban J connectivity index is 1.94. The fourth-order valence-corrected chi connectivity index (χ4v) is 6.15. The molecule has 2 nitrogen and oxygen atoms in total. The van der Waals surface area contributed by atoms with Gasteiger partial charge >= 0.3 is 0 Å². The quantitative estimate of drug-likeness (QED) is 0.132. The molecule has 0 atom stereocenters. The van der Waals surface area contributed by atoms with E-state index in [2.05, 4.69) is 120 Å². The van der Waals surface area contributed by atoms with Crippen LogP contribution in [0.25, 0.3) is 49.0 Å². The first-order valence-corrected chi connectivity index (χ1v) is 12.9. The number of pyridine rings is 2. The first-order chi connectivity index (χ1) is 16.3. The van der Waals surface area contributed by atoms with Gasteiger partial charge in [0.1, 0.15) is 7.05 Å². The van der Waals surface area contributed by atoms with Crippen molar-refractivity contribution in [3.63, 3.8) is 0 Å². The minimum absolute atomic E-state index is 0.112. The van der Waals surface area contributed by atoms with Crippen molar-refractivity contribution in [2.75, 3.05) is 0 Å². The SMILES string of the molecule is Cc1cc2c3cc(C(C)(C)C)ccc3n3c4cc(CC(C)(C)C)cc5cc[n+](C)c(c(c1C)c23)c54. The lowest BCUT2D eigenvalue weighted by atomic mass is 9.86. The molecule has 3 heterocycles. The van der Waals surface area contributed by atoms with E-state index in [0.717, 1.165) is 6.42 Å². The van der Waals surface area contributed by atoms with E-state index >= 15 is 0 Å². The van der Waals surface area contributed by atoms with Gasteiger partial charge in [0, 0.05) is 16.8 Å². The molecule has 3 aromatic heterocycles. The molecule has 0 aliphatic heterocycles. The van der Waals surface area contributed by atoms with Crippen molar-refractivity contribution < 1.29 is 4.57 Å². The summed E-state index contributed by atoms with van der Waals surface area (Å²) in [5.41, 5.74) is 11.2. The monoisotopic (exact) mass is 461 g/mol. The Morgan fingerprint density at radius 1 is 0.800 bits per heavy atom. The minimum atomic E-state index is 0.112. The number of hydrogen-bond acceptors (Lipinski definition) is 0. The van der Waals surface area contributed by atoms with Gasteiger partial charge in [-0.15, -0.1) is 0 Å². The van der Waals surface area contributed by atoms with Crippen molar-refractivity contribution in [1.82, 2.24) is 4.40 Å². The van der Waals surface area contributed by atoms with Gasteiger partial charge in [0.05, 0.1) is 27.3 Å². The number of rotatable bonds is 1. The standard InChI is InChI=1S/C33H37N2/c1-19-14-25-24-17-23(33(6,7)8)10-11-26(24)35-27-16-21(18-32(3,4)5)15-22-12-13-34(9)31(29(22)27)28(20(19)2)30(25)35/h10-17H,18H2,1-9H3/q+1. The summed E-state index contributed by atoms with van der Waals surface area (Å²) in [6.07, 6.45) is 3.30. The predicted octanol–water partition coefficient (Wildman–Crippen LogP) is 8.32. The van der Waals surface area contributed by atoms with Gasteiger partial charge in [-0.1, -0.05) is 53.7 Å². The van der Waals surface area contributed by atoms with Gasteiger partial charge in [-0.25, -0.2) is 4.57 Å². The highest BCUT2D eigenvalue weighted by Crippen LogP contribution is 2.43. The fourth-order valence-electron chi connectivity index (χ4n) is 6.15. The molecule has 3 aromatic carbocycles. The lowest BCUT2D eigenvalue weighted by Gasteiger charge is -2.20. The summed E-state index contributed by atoms with van der Waals surface area (Å²) < 4.78 is 4.90. The molecule has 0 amide bonds. The Morgan fingerprint density at radius 2 is 1.54 bits per heavy atom. The van der Waals surface area contributed by atoms with E-state index in [1.165, 1.54) is 71.3 Å². The molecule has 0 saturated heterocycles. The van der Waals surface area contributed by atoms with Crippen LogP contribution >= 0.6 is 0 Å². The molecule has 0 unspecified atom stereocenters. The van der Waals surface area contributed by atoms with Crippen molar-refractivity contribution in [2.24, 2.45) is 12.5 Å². The first-order valence-electron chi connectivity index (χ1n) is 12.9. The van der Waals surface area contributed by atoms with Gasteiger partial charge in [0.25, 0.3) is 0 Å². The van der Waals surface area contributed by atoms with Crippen LogP contribution in [-0.4, -0.2) is 4.40 Å². The van der Waals surface area contributed by atoms with Crippen molar-refractivity contribution in [2.45, 2.75) is 67.2 Å². The molecule has 6 rings (SSSR count). The summed E-state index contributed by atoms with van der Waals surface area (Å²) in [7, 11) is 2.20. The molecule has 0 aliphatic rings. The highest BCUT2D eigenvalue weighted by Gasteiger charge is 2.26. The van der Waals surface area contributed by atoms with Crippen molar-refractivity contribution in [3.8, 4) is 0 Å². The van der Waals surface area contributed by atoms with Crippen LogP contribution in [0.2, 0.25) is 0 Å². The van der Waals surface area contributed by atoms with E-state index in [4.69, 9.17) is 0 Å². The zero-order chi connectivity index (χ0) is 25.0. The van der Waals surface area contributed by atoms with E-state index < -0.39 is 0 Å². The van der Waals surface area contributed by atoms with Gasteiger partial charge in [0.15, 0.2) is 6.20 Å². The van der Waals surface area contributed by atoms with Crippen LogP contribution in [0, 0.1) is 19.3 Å². The van der Waals surface area contributed by atoms with E-state index in [1.54, 1.807) is 0 Å². The Kier molecular flexibility index (Phi) is 4.45. The van der Waals surface area contributed by atoms with Crippen LogP contribution in [0.1, 0.15) is 63.8 Å². The summed E-state index contributed by atoms with van der Waals surface area (Å²) in [4.78, 5) is 0. The third-order valence-corrected chi connectivity index (χ3v) is 7.92. The third kappa shape index (κ3) is 3.19. The average Bonchev–Trinajstić information content (AvgIpc) is 3.07. The number of benzene rings is 3. The van der Waals surface area contributed by atoms with Crippen LogP contribution < -0.4 is 4.57 Å². The number of hydrogen-bond donors (Lipinski definition) is 0. The van der Waals surface area contributed by atoms with Gasteiger partial charge in [-0.3, -0.25) is 0 Å². The Hall–Kier alpha value is -3.13. The number of aromatic nitrogens is 2. The lowest BCUT2D eigenvalue weighted by Crippen LogP contribution is -2.29. The molecule has 0 radical (unpaired) electrons. The molecule has 0 bridgehead atoms. The van der Waals surface area contributed by atoms with Crippen molar-refractivity contribution >= 4 is 49.0 Å². The Labute approximate surface area is 208 Å². The van der Waals surface area contributed by atoms with Crippen LogP contribution in [0.3, 0.4) is 0 Å². The van der Waals surface area contributed by atoms with Crippen LogP contribution in [0.15, 0.2) is 48.7 Å². The molecule has 0 spiro atoms. The summed E-state index contributed by atoms with van der Waals surface area (Å²) >= 11 is 0. The zero-order valence-electron chi connectivity index (χ0n) is 22.7. The molecular weight excluding hydrogens is 424 g/mol. The molecule has 35 heavy (non-hydrogen) atoms. The third-order valence-electron chi connectivity index (χ3n) is 7.92. The van der Waals surface area contributed by atoms with Crippen molar-refractivity contribution in [1.29, 1.82) is 0 Å². The first kappa shape index (κ1) is 22.3. The van der Waals surface area contributed by atoms with Crippen LogP contribution in [-0.2, 0) is 18.9 Å². The minimum Gasteiger partial charge on any atom is -0.307 e. The molecule has 0 N–H and O–H groups in total. The van der Waals surface area contributed by atoms with Crippen LogP contribution in [0.4, 0.5) is 0 Å². The predicted molar refractivity (Wildman–Crippen MR) is 151 cm³/mol. The van der Waals surface area contributed by atoms with Gasteiger partial charge in [0.2, 0.25) is 5.52 Å². The molecule has 0 aliphatic carbocycles. The van der Waals surface area contributed by atoms with Crippen molar-refractivity contribution in [3.05, 3.63) is 70.9 Å². The second-order valence-electron chi connectivity index (χ2n) is 13.0. The van der Waals surface area contributed by atoms with E-state index in [-0.39, 0.29) is 10.8 Å².